The molecule has 0 aliphatic carbocycles. The predicted octanol–water partition coefficient (Wildman–Crippen LogP) is 3.69. The number of rotatable bonds is 8. The van der Waals surface area contributed by atoms with Crippen LogP contribution in [-0.2, 0) is 16.0 Å². The van der Waals surface area contributed by atoms with Crippen LogP contribution in [0.1, 0.15) is 42.1 Å². The van der Waals surface area contributed by atoms with Crippen LogP contribution in [0.2, 0.25) is 0 Å². The highest BCUT2D eigenvalue weighted by Gasteiger charge is 2.10. The normalized spacial score (nSPS) is 10.2. The van der Waals surface area contributed by atoms with Gasteiger partial charge in [-0.25, -0.2) is 0 Å². The molecule has 0 saturated heterocycles. The number of carboxylic acid groups (broad SMARTS) is 1. The molecular weight excluding hydrogens is 332 g/mol. The van der Waals surface area contributed by atoms with E-state index < -0.39 is 5.97 Å². The zero-order valence-corrected chi connectivity index (χ0v) is 14.6. The quantitative estimate of drug-likeness (QED) is 0.673. The maximum Gasteiger partial charge on any atom is 0.303 e. The van der Waals surface area contributed by atoms with E-state index >= 15 is 0 Å². The maximum atomic E-state index is 12.5. The molecule has 3 N–H and O–H groups in total. The van der Waals surface area contributed by atoms with Gasteiger partial charge in [-0.15, -0.1) is 0 Å². The molecule has 0 fully saturated rings. The van der Waals surface area contributed by atoms with Crippen LogP contribution >= 0.6 is 0 Å². The number of aliphatic carboxylic acids is 1. The summed E-state index contributed by atoms with van der Waals surface area (Å²) >= 11 is 0. The summed E-state index contributed by atoms with van der Waals surface area (Å²) in [4.78, 5) is 34.8. The second kappa shape index (κ2) is 9.36. The summed E-state index contributed by atoms with van der Waals surface area (Å²) in [6, 6.07) is 14.2. The zero-order chi connectivity index (χ0) is 18.9. The fraction of sp³-hybridized carbons (Fsp3) is 0.250. The van der Waals surface area contributed by atoms with Crippen LogP contribution in [0.15, 0.2) is 48.5 Å². The minimum absolute atomic E-state index is 0.0489. The number of aryl methyl sites for hydroxylation is 1. The van der Waals surface area contributed by atoms with Crippen LogP contribution in [0.4, 0.5) is 11.4 Å². The smallest absolute Gasteiger partial charge is 0.303 e. The van der Waals surface area contributed by atoms with Gasteiger partial charge >= 0.3 is 5.97 Å². The highest BCUT2D eigenvalue weighted by atomic mass is 16.4. The summed E-state index contributed by atoms with van der Waals surface area (Å²) in [6.45, 7) is 2.02. The van der Waals surface area contributed by atoms with Gasteiger partial charge in [-0.1, -0.05) is 31.2 Å². The van der Waals surface area contributed by atoms with Crippen LogP contribution in [0.3, 0.4) is 0 Å². The first-order valence-electron chi connectivity index (χ1n) is 8.50. The minimum atomic E-state index is -0.927. The minimum Gasteiger partial charge on any atom is -0.481 e. The molecule has 6 heteroatoms. The number of carbonyl (C=O) groups excluding carboxylic acids is 2. The number of nitrogens with one attached hydrogen (secondary N) is 2. The topological polar surface area (TPSA) is 95.5 Å². The van der Waals surface area contributed by atoms with Crippen molar-refractivity contribution >= 4 is 29.2 Å². The van der Waals surface area contributed by atoms with Crippen LogP contribution in [-0.4, -0.2) is 22.9 Å². The lowest BCUT2D eigenvalue weighted by molar-refractivity contribution is -0.137. The molecule has 2 aromatic carbocycles. The van der Waals surface area contributed by atoms with Crippen molar-refractivity contribution in [3.8, 4) is 0 Å². The van der Waals surface area contributed by atoms with Gasteiger partial charge in [-0.2, -0.15) is 0 Å². The second-order valence-electron chi connectivity index (χ2n) is 5.84. The monoisotopic (exact) mass is 354 g/mol. The molecule has 0 unspecified atom stereocenters. The van der Waals surface area contributed by atoms with Crippen molar-refractivity contribution in [3.05, 3.63) is 59.7 Å². The van der Waals surface area contributed by atoms with E-state index in [0.717, 1.165) is 17.7 Å². The lowest BCUT2D eigenvalue weighted by Crippen LogP contribution is -2.15. The SMILES string of the molecule is CCc1ccccc1NC(=O)c1cccc(NC(=O)CCCC(=O)O)c1. The van der Waals surface area contributed by atoms with Crippen molar-refractivity contribution in [2.45, 2.75) is 32.6 Å². The lowest BCUT2D eigenvalue weighted by Gasteiger charge is -2.11. The Labute approximate surface area is 152 Å². The Morgan fingerprint density at radius 3 is 2.46 bits per heavy atom. The molecule has 0 saturated carbocycles. The van der Waals surface area contributed by atoms with Gasteiger partial charge in [0.15, 0.2) is 0 Å². The van der Waals surface area contributed by atoms with Gasteiger partial charge in [0, 0.05) is 29.8 Å². The summed E-state index contributed by atoms with van der Waals surface area (Å²) in [5, 5.41) is 14.2. The molecule has 0 spiro atoms. The van der Waals surface area contributed by atoms with Gasteiger partial charge in [0.25, 0.3) is 5.91 Å². The van der Waals surface area contributed by atoms with Crippen molar-refractivity contribution in [2.75, 3.05) is 10.6 Å². The molecule has 26 heavy (non-hydrogen) atoms. The lowest BCUT2D eigenvalue weighted by atomic mass is 10.1. The van der Waals surface area contributed by atoms with Crippen LogP contribution in [0.25, 0.3) is 0 Å². The Balaban J connectivity index is 2.00. The average molecular weight is 354 g/mol. The zero-order valence-electron chi connectivity index (χ0n) is 14.6. The number of carbonyl (C=O) groups is 3. The Hall–Kier alpha value is -3.15. The van der Waals surface area contributed by atoms with Crippen molar-refractivity contribution in [1.82, 2.24) is 0 Å². The fourth-order valence-electron chi connectivity index (χ4n) is 2.51. The largest absolute Gasteiger partial charge is 0.481 e. The van der Waals surface area contributed by atoms with Crippen LogP contribution in [0.5, 0.6) is 0 Å². The van der Waals surface area contributed by atoms with E-state index in [4.69, 9.17) is 5.11 Å². The van der Waals surface area contributed by atoms with E-state index in [1.165, 1.54) is 0 Å². The molecule has 0 heterocycles. The maximum absolute atomic E-state index is 12.5. The molecule has 0 atom stereocenters. The number of para-hydroxylation sites is 1. The molecule has 2 amide bonds. The highest BCUT2D eigenvalue weighted by molar-refractivity contribution is 6.05. The summed E-state index contributed by atoms with van der Waals surface area (Å²) in [6.07, 6.45) is 1.15. The number of hydrogen-bond donors (Lipinski definition) is 3. The fourth-order valence-corrected chi connectivity index (χ4v) is 2.51. The molecule has 0 radical (unpaired) electrons. The van der Waals surface area contributed by atoms with Gasteiger partial charge in [0.2, 0.25) is 5.91 Å². The molecule has 6 nitrogen and oxygen atoms in total. The van der Waals surface area contributed by atoms with Gasteiger partial charge in [0.05, 0.1) is 0 Å². The van der Waals surface area contributed by atoms with Crippen molar-refractivity contribution in [3.63, 3.8) is 0 Å². The van der Waals surface area contributed by atoms with Crippen LogP contribution < -0.4 is 10.6 Å². The molecule has 0 aliphatic heterocycles. The Kier molecular flexibility index (Phi) is 6.91. The molecule has 2 aromatic rings. The number of benzene rings is 2. The molecule has 0 bridgehead atoms. The van der Waals surface area contributed by atoms with E-state index in [2.05, 4.69) is 10.6 Å². The van der Waals surface area contributed by atoms with E-state index in [9.17, 15) is 14.4 Å². The van der Waals surface area contributed by atoms with E-state index in [-0.39, 0.29) is 31.1 Å². The summed E-state index contributed by atoms with van der Waals surface area (Å²) in [5.41, 5.74) is 2.74. The third-order valence-electron chi connectivity index (χ3n) is 3.85. The molecule has 0 aliphatic rings. The standard InChI is InChI=1S/C20H22N2O4/c1-2-14-7-3-4-10-17(14)22-20(26)15-8-5-9-16(13-15)21-18(23)11-6-12-19(24)25/h3-5,7-10,13H,2,6,11-12H2,1H3,(H,21,23)(H,22,26)(H,24,25). The van der Waals surface area contributed by atoms with Gasteiger partial charge in [-0.05, 0) is 42.7 Å². The summed E-state index contributed by atoms with van der Waals surface area (Å²) < 4.78 is 0. The number of amides is 2. The van der Waals surface area contributed by atoms with Crippen molar-refractivity contribution in [1.29, 1.82) is 0 Å². The van der Waals surface area contributed by atoms with Gasteiger partial charge < -0.3 is 15.7 Å². The summed E-state index contributed by atoms with van der Waals surface area (Å²) in [5.74, 6) is -1.46. The Morgan fingerprint density at radius 1 is 0.962 bits per heavy atom. The van der Waals surface area contributed by atoms with E-state index in [1.807, 2.05) is 31.2 Å². The predicted molar refractivity (Wildman–Crippen MR) is 100 cm³/mol. The first-order chi connectivity index (χ1) is 12.5. The average Bonchev–Trinajstić information content (AvgIpc) is 2.62. The third-order valence-corrected chi connectivity index (χ3v) is 3.85. The first-order valence-corrected chi connectivity index (χ1v) is 8.50. The highest BCUT2D eigenvalue weighted by Crippen LogP contribution is 2.18. The number of carboxylic acids is 1. The number of anilines is 2. The van der Waals surface area contributed by atoms with Crippen molar-refractivity contribution < 1.29 is 19.5 Å². The first kappa shape index (κ1) is 19.2. The van der Waals surface area contributed by atoms with Crippen LogP contribution in [0, 0.1) is 0 Å². The number of hydrogen-bond acceptors (Lipinski definition) is 3. The second-order valence-corrected chi connectivity index (χ2v) is 5.84. The summed E-state index contributed by atoms with van der Waals surface area (Å²) in [7, 11) is 0. The van der Waals surface area contributed by atoms with Gasteiger partial charge in [0.1, 0.15) is 0 Å². The van der Waals surface area contributed by atoms with Crippen molar-refractivity contribution in [2.24, 2.45) is 0 Å². The molecule has 0 aromatic heterocycles. The third kappa shape index (κ3) is 5.73. The molecule has 2 rings (SSSR count). The Bertz CT molecular complexity index is 802. The van der Waals surface area contributed by atoms with Gasteiger partial charge in [-0.3, -0.25) is 14.4 Å². The van der Waals surface area contributed by atoms with E-state index in [1.54, 1.807) is 24.3 Å². The Morgan fingerprint density at radius 2 is 1.73 bits per heavy atom. The van der Waals surface area contributed by atoms with E-state index in [0.29, 0.717) is 11.3 Å². The molecule has 136 valence electrons. The molecular formula is C20H22N2O4.